The Labute approximate surface area is 251 Å². The fraction of sp³-hybridized carbons (Fsp3) is 0.364. The van der Waals surface area contributed by atoms with Crippen molar-refractivity contribution in [2.45, 2.75) is 51.2 Å². The molecule has 3 aliphatic rings. The predicted octanol–water partition coefficient (Wildman–Crippen LogP) is 4.66. The first-order valence-corrected chi connectivity index (χ1v) is 14.7. The highest BCUT2D eigenvalue weighted by Crippen LogP contribution is 2.45. The van der Waals surface area contributed by atoms with Crippen molar-refractivity contribution in [2.24, 2.45) is 5.92 Å². The summed E-state index contributed by atoms with van der Waals surface area (Å²) >= 11 is 0. The molecule has 2 aromatic carbocycles. The number of rotatable bonds is 5. The smallest absolute Gasteiger partial charge is 0.336 e. The van der Waals surface area contributed by atoms with E-state index in [-0.39, 0.29) is 24.3 Å². The van der Waals surface area contributed by atoms with E-state index in [0.29, 0.717) is 59.8 Å². The van der Waals surface area contributed by atoms with Crippen LogP contribution >= 0.6 is 0 Å². The minimum absolute atomic E-state index is 0.0101. The van der Waals surface area contributed by atoms with E-state index in [4.69, 9.17) is 13.9 Å². The highest BCUT2D eigenvalue weighted by atomic mass is 16.6. The summed E-state index contributed by atoms with van der Waals surface area (Å²) in [6, 6.07) is 15.6. The molecule has 226 valence electrons. The van der Waals surface area contributed by atoms with E-state index in [0.717, 1.165) is 24.0 Å². The second kappa shape index (κ2) is 10.4. The van der Waals surface area contributed by atoms with E-state index in [1.807, 2.05) is 44.2 Å². The SMILES string of the molecule is CC1(C)CCc2c(cc(OCC(=O)N3CC4CC(C3)c3ccc([N+](=O)[O-])c(=O)n3C4)c3c(-c4ccccc4)cc(=O)oc23)O1. The molecule has 11 heteroatoms. The van der Waals surface area contributed by atoms with Crippen molar-refractivity contribution in [3.05, 3.63) is 96.7 Å². The molecule has 0 radical (unpaired) electrons. The summed E-state index contributed by atoms with van der Waals surface area (Å²) < 4.78 is 19.8. The van der Waals surface area contributed by atoms with Crippen LogP contribution in [0, 0.1) is 16.0 Å². The van der Waals surface area contributed by atoms with Crippen molar-refractivity contribution in [3.63, 3.8) is 0 Å². The number of pyridine rings is 1. The largest absolute Gasteiger partial charge is 0.487 e. The van der Waals surface area contributed by atoms with Gasteiger partial charge in [-0.05, 0) is 50.7 Å². The van der Waals surface area contributed by atoms with Crippen molar-refractivity contribution < 1.29 is 23.6 Å². The highest BCUT2D eigenvalue weighted by Gasteiger charge is 2.38. The Bertz CT molecular complexity index is 1940. The molecule has 11 nitrogen and oxygen atoms in total. The van der Waals surface area contributed by atoms with Gasteiger partial charge in [0.25, 0.3) is 5.91 Å². The van der Waals surface area contributed by atoms with Crippen LogP contribution in [0.5, 0.6) is 11.5 Å². The maximum atomic E-state index is 13.6. The van der Waals surface area contributed by atoms with Crippen molar-refractivity contribution in [1.82, 2.24) is 9.47 Å². The van der Waals surface area contributed by atoms with Gasteiger partial charge in [-0.25, -0.2) is 4.79 Å². The zero-order chi connectivity index (χ0) is 30.7. The van der Waals surface area contributed by atoms with Gasteiger partial charge >= 0.3 is 16.9 Å². The number of fused-ring (bicyclic) bond motifs is 7. The number of amides is 1. The molecule has 0 aliphatic carbocycles. The summed E-state index contributed by atoms with van der Waals surface area (Å²) in [4.78, 5) is 51.5. The molecule has 2 unspecified atom stereocenters. The topological polar surface area (TPSA) is 134 Å². The van der Waals surface area contributed by atoms with Crippen LogP contribution in [0.2, 0.25) is 0 Å². The standard InChI is InChI=1S/C33H31N3O8/c1-33(2)11-10-22-26(44-33)14-27(30-23(13-29(38)43-31(22)30)20-6-4-3-5-7-20)42-18-28(37)34-15-19-12-21(17-34)24-8-9-25(36(40)41)32(39)35(24)16-19/h3-9,13-14,19,21H,10-12,15-18H2,1-2H3. The molecule has 1 amide bonds. The summed E-state index contributed by atoms with van der Waals surface area (Å²) in [6.45, 7) is 4.86. The Kier molecular flexibility index (Phi) is 6.56. The zero-order valence-electron chi connectivity index (χ0n) is 24.4. The third-order valence-electron chi connectivity index (χ3n) is 8.97. The molecule has 1 saturated heterocycles. The summed E-state index contributed by atoms with van der Waals surface area (Å²) in [5.74, 6) is 0.605. The van der Waals surface area contributed by atoms with E-state index >= 15 is 0 Å². The van der Waals surface area contributed by atoms with Gasteiger partial charge in [0.05, 0.1) is 10.3 Å². The number of benzene rings is 2. The van der Waals surface area contributed by atoms with E-state index < -0.39 is 27.4 Å². The third-order valence-corrected chi connectivity index (χ3v) is 8.97. The molecule has 0 N–H and O–H groups in total. The molecule has 0 saturated carbocycles. The molecule has 4 aromatic rings. The Morgan fingerprint density at radius 1 is 1.09 bits per heavy atom. The molecule has 0 spiro atoms. The molecular formula is C33H31N3O8. The molecular weight excluding hydrogens is 566 g/mol. The van der Waals surface area contributed by atoms with Gasteiger partial charge in [-0.1, -0.05) is 30.3 Å². The summed E-state index contributed by atoms with van der Waals surface area (Å²) in [5.41, 5.74) is 1.42. The number of ether oxygens (including phenoxy) is 2. The predicted molar refractivity (Wildman–Crippen MR) is 161 cm³/mol. The molecule has 1 fully saturated rings. The number of aromatic nitrogens is 1. The van der Waals surface area contributed by atoms with Gasteiger partial charge in [-0.15, -0.1) is 0 Å². The number of hydrogen-bond donors (Lipinski definition) is 0. The quantitative estimate of drug-likeness (QED) is 0.184. The average molecular weight is 598 g/mol. The molecule has 7 rings (SSSR count). The number of piperidine rings is 1. The van der Waals surface area contributed by atoms with Crippen LogP contribution in [0.3, 0.4) is 0 Å². The summed E-state index contributed by atoms with van der Waals surface area (Å²) in [7, 11) is 0. The summed E-state index contributed by atoms with van der Waals surface area (Å²) in [6.07, 6.45) is 2.19. The van der Waals surface area contributed by atoms with Crippen molar-refractivity contribution in [1.29, 1.82) is 0 Å². The second-order valence-corrected chi connectivity index (χ2v) is 12.5. The Morgan fingerprint density at radius 3 is 2.66 bits per heavy atom. The fourth-order valence-electron chi connectivity index (χ4n) is 6.91. The first-order chi connectivity index (χ1) is 21.1. The highest BCUT2D eigenvalue weighted by molar-refractivity contribution is 6.00. The molecule has 5 heterocycles. The Hall–Kier alpha value is -4.93. The normalized spacial score (nSPS) is 19.9. The number of nitrogens with zero attached hydrogens (tertiary/aromatic N) is 3. The number of hydrogen-bond acceptors (Lipinski definition) is 8. The van der Waals surface area contributed by atoms with Crippen molar-refractivity contribution in [2.75, 3.05) is 19.7 Å². The molecule has 3 aliphatic heterocycles. The third kappa shape index (κ3) is 4.82. The van der Waals surface area contributed by atoms with Gasteiger partial charge in [-0.3, -0.25) is 19.7 Å². The van der Waals surface area contributed by atoms with Gasteiger partial charge in [0, 0.05) is 60.6 Å². The lowest BCUT2D eigenvalue weighted by molar-refractivity contribution is -0.386. The number of likely N-dealkylation sites (tertiary alicyclic amines) is 1. The van der Waals surface area contributed by atoms with E-state index in [1.54, 1.807) is 17.0 Å². The minimum Gasteiger partial charge on any atom is -0.487 e. The van der Waals surface area contributed by atoms with Crippen molar-refractivity contribution in [3.8, 4) is 22.6 Å². The van der Waals surface area contributed by atoms with Crippen molar-refractivity contribution >= 4 is 22.6 Å². The van der Waals surface area contributed by atoms with Gasteiger partial charge in [-0.2, -0.15) is 0 Å². The number of carbonyl (C=O) groups is 1. The van der Waals surface area contributed by atoms with Crippen LogP contribution in [0.1, 0.15) is 43.9 Å². The monoisotopic (exact) mass is 597 g/mol. The molecule has 2 aromatic heterocycles. The number of carbonyl (C=O) groups excluding carboxylic acids is 1. The average Bonchev–Trinajstić information content (AvgIpc) is 2.99. The number of aryl methyl sites for hydroxylation is 1. The fourth-order valence-corrected chi connectivity index (χ4v) is 6.91. The van der Waals surface area contributed by atoms with Gasteiger partial charge in [0.2, 0.25) is 0 Å². The first-order valence-electron chi connectivity index (χ1n) is 14.7. The van der Waals surface area contributed by atoms with E-state index in [9.17, 15) is 24.5 Å². The number of nitro groups is 1. The van der Waals surface area contributed by atoms with Crippen LogP contribution in [0.25, 0.3) is 22.1 Å². The lowest BCUT2D eigenvalue weighted by Gasteiger charge is -2.42. The van der Waals surface area contributed by atoms with Crippen LogP contribution in [0.15, 0.2) is 68.6 Å². The van der Waals surface area contributed by atoms with Gasteiger partial charge in [0.1, 0.15) is 22.7 Å². The zero-order valence-corrected chi connectivity index (χ0v) is 24.4. The molecule has 2 atom stereocenters. The van der Waals surface area contributed by atoms with E-state index in [2.05, 4.69) is 0 Å². The lowest BCUT2D eigenvalue weighted by atomic mass is 9.83. The minimum atomic E-state index is -0.655. The first kappa shape index (κ1) is 27.9. The van der Waals surface area contributed by atoms with Gasteiger partial charge < -0.3 is 23.4 Å². The summed E-state index contributed by atoms with van der Waals surface area (Å²) in [5, 5.41) is 11.9. The molecule has 44 heavy (non-hydrogen) atoms. The van der Waals surface area contributed by atoms with Gasteiger partial charge in [0.15, 0.2) is 6.61 Å². The van der Waals surface area contributed by atoms with Crippen LogP contribution < -0.4 is 20.7 Å². The Morgan fingerprint density at radius 2 is 1.89 bits per heavy atom. The van der Waals surface area contributed by atoms with Crippen LogP contribution in [-0.2, 0) is 17.8 Å². The Balaban J connectivity index is 1.21. The lowest BCUT2D eigenvalue weighted by Crippen LogP contribution is -2.50. The molecule has 2 bridgehead atoms. The maximum absolute atomic E-state index is 13.6. The second-order valence-electron chi connectivity index (χ2n) is 12.5. The van der Waals surface area contributed by atoms with Crippen LogP contribution in [0.4, 0.5) is 5.69 Å². The van der Waals surface area contributed by atoms with Crippen LogP contribution in [-0.4, -0.2) is 45.6 Å². The maximum Gasteiger partial charge on any atom is 0.336 e. The van der Waals surface area contributed by atoms with E-state index in [1.165, 1.54) is 16.7 Å².